The van der Waals surface area contributed by atoms with Crippen molar-refractivity contribution >= 4 is 0 Å². The second-order valence-corrected chi connectivity index (χ2v) is 4.10. The van der Waals surface area contributed by atoms with Crippen molar-refractivity contribution in [1.82, 2.24) is 5.32 Å². The molecule has 1 nitrogen and oxygen atoms in total. The van der Waals surface area contributed by atoms with Crippen LogP contribution < -0.4 is 5.32 Å². The summed E-state index contributed by atoms with van der Waals surface area (Å²) in [6, 6.07) is 6.08. The number of halogens is 2. The molecule has 0 spiro atoms. The largest absolute Gasteiger partial charge is 0.316 e. The number of hydrogen-bond donors (Lipinski definition) is 1. The molecule has 1 aliphatic heterocycles. The summed E-state index contributed by atoms with van der Waals surface area (Å²) >= 11 is 0. The van der Waals surface area contributed by atoms with Gasteiger partial charge in [-0.25, -0.2) is 8.78 Å². The first-order chi connectivity index (χ1) is 7.25. The van der Waals surface area contributed by atoms with Crippen LogP contribution in [-0.2, 0) is 6.42 Å². The number of hydrogen-bond acceptors (Lipinski definition) is 1. The summed E-state index contributed by atoms with van der Waals surface area (Å²) in [6.45, 7) is 1.68. The Labute approximate surface area is 88.5 Å². The topological polar surface area (TPSA) is 12.0 Å². The third-order valence-corrected chi connectivity index (χ3v) is 2.95. The van der Waals surface area contributed by atoms with Crippen molar-refractivity contribution in [3.8, 4) is 0 Å². The van der Waals surface area contributed by atoms with Gasteiger partial charge in [0.2, 0.25) is 0 Å². The molecule has 0 amide bonds. The smallest absolute Gasteiger partial charge is 0.123 e. The van der Waals surface area contributed by atoms with Crippen molar-refractivity contribution in [2.75, 3.05) is 13.1 Å². The van der Waals surface area contributed by atoms with Crippen molar-refractivity contribution in [2.24, 2.45) is 5.92 Å². The first-order valence-corrected chi connectivity index (χ1v) is 5.35. The monoisotopic (exact) mass is 211 g/mol. The molecule has 0 saturated carbocycles. The molecule has 3 heteroatoms. The third kappa shape index (κ3) is 2.75. The first-order valence-electron chi connectivity index (χ1n) is 5.35. The van der Waals surface area contributed by atoms with Crippen LogP contribution in [0.3, 0.4) is 0 Å². The van der Waals surface area contributed by atoms with Gasteiger partial charge in [-0.1, -0.05) is 12.1 Å². The van der Waals surface area contributed by atoms with Gasteiger partial charge >= 0.3 is 0 Å². The van der Waals surface area contributed by atoms with Crippen LogP contribution >= 0.6 is 0 Å². The van der Waals surface area contributed by atoms with Crippen LogP contribution in [-0.4, -0.2) is 19.3 Å². The van der Waals surface area contributed by atoms with Gasteiger partial charge in [0.1, 0.15) is 12.0 Å². The molecule has 2 unspecified atom stereocenters. The highest BCUT2D eigenvalue weighted by molar-refractivity contribution is 5.17. The molecular formula is C12H15F2N. The zero-order chi connectivity index (χ0) is 10.7. The summed E-state index contributed by atoms with van der Waals surface area (Å²) in [5.74, 6) is -0.147. The maximum Gasteiger partial charge on any atom is 0.123 e. The minimum absolute atomic E-state index is 0.120. The molecule has 2 rings (SSSR count). The van der Waals surface area contributed by atoms with Crippen molar-refractivity contribution in [3.05, 3.63) is 35.6 Å². The van der Waals surface area contributed by atoms with Gasteiger partial charge in [-0.05, 0) is 30.7 Å². The molecule has 1 fully saturated rings. The maximum absolute atomic E-state index is 13.8. The van der Waals surface area contributed by atoms with Crippen molar-refractivity contribution in [1.29, 1.82) is 0 Å². The van der Waals surface area contributed by atoms with E-state index >= 15 is 0 Å². The first kappa shape index (κ1) is 10.6. The molecule has 1 aliphatic rings. The predicted octanol–water partition coefficient (Wildman–Crippen LogP) is 2.32. The summed E-state index contributed by atoms with van der Waals surface area (Å²) in [6.07, 6.45) is 0.486. The highest BCUT2D eigenvalue weighted by Gasteiger charge is 2.24. The van der Waals surface area contributed by atoms with Crippen LogP contribution in [0.2, 0.25) is 0 Å². The molecule has 1 N–H and O–H groups in total. The fourth-order valence-electron chi connectivity index (χ4n) is 2.00. The van der Waals surface area contributed by atoms with Crippen molar-refractivity contribution in [2.45, 2.75) is 19.0 Å². The molecule has 0 radical (unpaired) electrons. The van der Waals surface area contributed by atoms with Gasteiger partial charge in [-0.2, -0.15) is 0 Å². The Morgan fingerprint density at radius 2 is 2.07 bits per heavy atom. The lowest BCUT2D eigenvalue weighted by atomic mass is 9.97. The van der Waals surface area contributed by atoms with Gasteiger partial charge in [0.15, 0.2) is 0 Å². The quantitative estimate of drug-likeness (QED) is 0.809. The summed E-state index contributed by atoms with van der Waals surface area (Å²) in [7, 11) is 0. The summed E-state index contributed by atoms with van der Waals surface area (Å²) in [4.78, 5) is 0. The van der Waals surface area contributed by atoms with Gasteiger partial charge in [-0.3, -0.25) is 0 Å². The molecule has 2 atom stereocenters. The Morgan fingerprint density at radius 1 is 1.33 bits per heavy atom. The number of rotatable bonds is 3. The third-order valence-electron chi connectivity index (χ3n) is 2.95. The van der Waals surface area contributed by atoms with E-state index in [1.165, 1.54) is 12.1 Å². The molecule has 1 aromatic carbocycles. The van der Waals surface area contributed by atoms with E-state index in [0.29, 0.717) is 6.42 Å². The van der Waals surface area contributed by atoms with Crippen molar-refractivity contribution < 1.29 is 8.78 Å². The average molecular weight is 211 g/mol. The Kier molecular flexibility index (Phi) is 3.31. The Morgan fingerprint density at radius 3 is 2.67 bits per heavy atom. The normalized spacial score (nSPS) is 22.9. The molecule has 1 heterocycles. The van der Waals surface area contributed by atoms with Crippen LogP contribution in [0.4, 0.5) is 8.78 Å². The van der Waals surface area contributed by atoms with E-state index in [2.05, 4.69) is 5.32 Å². The zero-order valence-electron chi connectivity index (χ0n) is 8.55. The minimum atomic E-state index is -0.814. The second-order valence-electron chi connectivity index (χ2n) is 4.10. The molecular weight excluding hydrogens is 196 g/mol. The fraction of sp³-hybridized carbons (Fsp3) is 0.500. The van der Waals surface area contributed by atoms with Crippen LogP contribution in [0, 0.1) is 11.7 Å². The summed E-state index contributed by atoms with van der Waals surface area (Å²) in [5.41, 5.74) is 0.871. The molecule has 0 aromatic heterocycles. The maximum atomic E-state index is 13.8. The van der Waals surface area contributed by atoms with E-state index in [0.717, 1.165) is 25.1 Å². The highest BCUT2D eigenvalue weighted by Crippen LogP contribution is 2.19. The van der Waals surface area contributed by atoms with E-state index in [1.54, 1.807) is 12.1 Å². The van der Waals surface area contributed by atoms with Gasteiger partial charge in [-0.15, -0.1) is 0 Å². The van der Waals surface area contributed by atoms with Gasteiger partial charge in [0.25, 0.3) is 0 Å². The van der Waals surface area contributed by atoms with Gasteiger partial charge in [0, 0.05) is 18.9 Å². The number of alkyl halides is 1. The lowest BCUT2D eigenvalue weighted by Gasteiger charge is -2.14. The standard InChI is InChI=1S/C12H15F2N/c13-11-3-1-9(2-4-11)7-12(14)10-5-6-15-8-10/h1-4,10,12,15H,5-8H2. The fourth-order valence-corrected chi connectivity index (χ4v) is 2.00. The second kappa shape index (κ2) is 4.71. The zero-order valence-corrected chi connectivity index (χ0v) is 8.55. The predicted molar refractivity (Wildman–Crippen MR) is 56.0 cm³/mol. The Bertz CT molecular complexity index is 304. The molecule has 1 saturated heterocycles. The van der Waals surface area contributed by atoms with E-state index in [9.17, 15) is 8.78 Å². The van der Waals surface area contributed by atoms with Crippen molar-refractivity contribution in [3.63, 3.8) is 0 Å². The van der Waals surface area contributed by atoms with Crippen LogP contribution in [0.15, 0.2) is 24.3 Å². The summed E-state index contributed by atoms with van der Waals surface area (Å²) < 4.78 is 26.4. The molecule has 82 valence electrons. The van der Waals surface area contributed by atoms with E-state index < -0.39 is 6.17 Å². The SMILES string of the molecule is Fc1ccc(CC(F)C2CCNC2)cc1. The Balaban J connectivity index is 1.92. The van der Waals surface area contributed by atoms with Crippen LogP contribution in [0.25, 0.3) is 0 Å². The molecule has 0 bridgehead atoms. The molecule has 15 heavy (non-hydrogen) atoms. The van der Waals surface area contributed by atoms with E-state index in [4.69, 9.17) is 0 Å². The van der Waals surface area contributed by atoms with Gasteiger partial charge < -0.3 is 5.32 Å². The highest BCUT2D eigenvalue weighted by atomic mass is 19.1. The van der Waals surface area contributed by atoms with Crippen LogP contribution in [0.5, 0.6) is 0 Å². The van der Waals surface area contributed by atoms with Gasteiger partial charge in [0.05, 0.1) is 0 Å². The summed E-state index contributed by atoms with van der Waals surface area (Å²) in [5, 5.41) is 3.15. The lowest BCUT2D eigenvalue weighted by molar-refractivity contribution is 0.240. The number of benzene rings is 1. The average Bonchev–Trinajstić information content (AvgIpc) is 2.74. The molecule has 1 aromatic rings. The Hall–Kier alpha value is -0.960. The van der Waals surface area contributed by atoms with E-state index in [1.807, 2.05) is 0 Å². The molecule has 0 aliphatic carbocycles. The minimum Gasteiger partial charge on any atom is -0.316 e. The lowest BCUT2D eigenvalue weighted by Crippen LogP contribution is -2.21. The van der Waals surface area contributed by atoms with Crippen LogP contribution in [0.1, 0.15) is 12.0 Å². The van der Waals surface area contributed by atoms with E-state index in [-0.39, 0.29) is 11.7 Å². The number of nitrogens with one attached hydrogen (secondary N) is 1.